The lowest BCUT2D eigenvalue weighted by Crippen LogP contribution is -2.45. The molecule has 0 saturated carbocycles. The molecule has 0 saturated heterocycles. The molecular formula is C18H20ClFN2O4S. The van der Waals surface area contributed by atoms with Gasteiger partial charge in [0, 0.05) is 5.02 Å². The Labute approximate surface area is 162 Å². The minimum atomic E-state index is -4.05. The Hall–Kier alpha value is -2.16. The number of benzene rings is 2. The molecule has 9 heteroatoms. The van der Waals surface area contributed by atoms with E-state index in [1.54, 1.807) is 19.1 Å². The van der Waals surface area contributed by atoms with Crippen LogP contribution in [-0.2, 0) is 14.8 Å². The van der Waals surface area contributed by atoms with Crippen LogP contribution in [0.1, 0.15) is 25.5 Å². The summed E-state index contributed by atoms with van der Waals surface area (Å²) in [5.41, 5.74) is 0.691. The Kier molecular flexibility index (Phi) is 6.80. The Morgan fingerprint density at radius 3 is 2.37 bits per heavy atom. The number of nitrogens with one attached hydrogen (secondary N) is 2. The predicted octanol–water partition coefficient (Wildman–Crippen LogP) is 3.03. The molecule has 2 aromatic carbocycles. The van der Waals surface area contributed by atoms with Gasteiger partial charge in [0.1, 0.15) is 16.5 Å². The predicted molar refractivity (Wildman–Crippen MR) is 101 cm³/mol. The van der Waals surface area contributed by atoms with Crippen molar-refractivity contribution in [1.29, 1.82) is 0 Å². The monoisotopic (exact) mass is 414 g/mol. The summed E-state index contributed by atoms with van der Waals surface area (Å²) in [7, 11) is -2.71. The second-order valence-corrected chi connectivity index (χ2v) is 8.04. The number of rotatable bonds is 7. The van der Waals surface area contributed by atoms with Gasteiger partial charge in [0.2, 0.25) is 15.9 Å². The third kappa shape index (κ3) is 5.41. The fraction of sp³-hybridized carbons (Fsp3) is 0.278. The number of carbonyl (C=O) groups is 1. The Morgan fingerprint density at radius 1 is 1.15 bits per heavy atom. The van der Waals surface area contributed by atoms with Gasteiger partial charge in [0.05, 0.1) is 19.2 Å². The molecular weight excluding hydrogens is 395 g/mol. The van der Waals surface area contributed by atoms with Crippen molar-refractivity contribution in [2.45, 2.75) is 30.8 Å². The highest BCUT2D eigenvalue weighted by Crippen LogP contribution is 2.27. The number of amides is 1. The van der Waals surface area contributed by atoms with Crippen LogP contribution in [0, 0.1) is 5.82 Å². The number of sulfonamides is 1. The van der Waals surface area contributed by atoms with Crippen LogP contribution in [0.15, 0.2) is 47.4 Å². The fourth-order valence-electron chi connectivity index (χ4n) is 2.38. The zero-order valence-electron chi connectivity index (χ0n) is 15.0. The van der Waals surface area contributed by atoms with E-state index in [-0.39, 0.29) is 21.5 Å². The molecule has 2 aromatic rings. The first-order valence-electron chi connectivity index (χ1n) is 8.05. The van der Waals surface area contributed by atoms with Crippen molar-refractivity contribution in [3.63, 3.8) is 0 Å². The lowest BCUT2D eigenvalue weighted by molar-refractivity contribution is -0.123. The number of hydrogen-bond acceptors (Lipinski definition) is 4. The van der Waals surface area contributed by atoms with Crippen LogP contribution in [-0.4, -0.2) is 27.5 Å². The van der Waals surface area contributed by atoms with E-state index < -0.39 is 28.0 Å². The average molecular weight is 415 g/mol. The zero-order valence-corrected chi connectivity index (χ0v) is 16.6. The normalized spacial score (nSPS) is 13.7. The number of ether oxygens (including phenoxy) is 1. The molecule has 2 N–H and O–H groups in total. The lowest BCUT2D eigenvalue weighted by atomic mass is 10.1. The van der Waals surface area contributed by atoms with Gasteiger partial charge >= 0.3 is 0 Å². The molecule has 2 atom stereocenters. The topological polar surface area (TPSA) is 84.5 Å². The quantitative estimate of drug-likeness (QED) is 0.729. The summed E-state index contributed by atoms with van der Waals surface area (Å²) in [5.74, 6) is -0.801. The van der Waals surface area contributed by atoms with Crippen LogP contribution in [0.4, 0.5) is 4.39 Å². The molecule has 146 valence electrons. The van der Waals surface area contributed by atoms with Gasteiger partial charge < -0.3 is 10.1 Å². The van der Waals surface area contributed by atoms with Crippen LogP contribution in [0.2, 0.25) is 5.02 Å². The standard InChI is InChI=1S/C18H20ClFN2O4S/c1-11(13-4-7-15(20)8-5-13)21-18(23)12(2)22-27(24,25)17-10-14(19)6-9-16(17)26-3/h4-12,22H,1-3H3,(H,21,23)/t11-,12+/m1/s1. The summed E-state index contributed by atoms with van der Waals surface area (Å²) in [6, 6.07) is 8.36. The SMILES string of the molecule is COc1ccc(Cl)cc1S(=O)(=O)N[C@@H](C)C(=O)N[C@H](C)c1ccc(F)cc1. The Balaban J connectivity index is 2.11. The zero-order chi connectivity index (χ0) is 20.2. The van der Waals surface area contributed by atoms with Gasteiger partial charge in [-0.1, -0.05) is 23.7 Å². The summed E-state index contributed by atoms with van der Waals surface area (Å²) in [6.45, 7) is 3.13. The lowest BCUT2D eigenvalue weighted by Gasteiger charge is -2.19. The number of methoxy groups -OCH3 is 1. The van der Waals surface area contributed by atoms with E-state index in [0.717, 1.165) is 0 Å². The van der Waals surface area contributed by atoms with Crippen LogP contribution < -0.4 is 14.8 Å². The van der Waals surface area contributed by atoms with E-state index >= 15 is 0 Å². The summed E-state index contributed by atoms with van der Waals surface area (Å²) in [5, 5.41) is 2.90. The van der Waals surface area contributed by atoms with Crippen LogP contribution in [0.5, 0.6) is 5.75 Å². The molecule has 0 aliphatic heterocycles. The highest BCUT2D eigenvalue weighted by atomic mass is 35.5. The van der Waals surface area contributed by atoms with Gasteiger partial charge in [-0.15, -0.1) is 0 Å². The molecule has 0 spiro atoms. The molecule has 0 aromatic heterocycles. The number of hydrogen-bond donors (Lipinski definition) is 2. The maximum atomic E-state index is 13.0. The first-order valence-corrected chi connectivity index (χ1v) is 9.92. The smallest absolute Gasteiger partial charge is 0.245 e. The molecule has 0 bridgehead atoms. The van der Waals surface area contributed by atoms with Gasteiger partial charge in [-0.25, -0.2) is 12.8 Å². The third-order valence-electron chi connectivity index (χ3n) is 3.87. The van der Waals surface area contributed by atoms with E-state index in [0.29, 0.717) is 5.56 Å². The number of halogens is 2. The van der Waals surface area contributed by atoms with Gasteiger partial charge in [-0.2, -0.15) is 4.72 Å². The van der Waals surface area contributed by atoms with Crippen molar-refractivity contribution in [3.05, 3.63) is 58.9 Å². The highest BCUT2D eigenvalue weighted by molar-refractivity contribution is 7.89. The molecule has 6 nitrogen and oxygen atoms in total. The molecule has 0 unspecified atom stereocenters. The summed E-state index contributed by atoms with van der Waals surface area (Å²) in [4.78, 5) is 12.2. The van der Waals surface area contributed by atoms with Crippen molar-refractivity contribution < 1.29 is 22.3 Å². The van der Waals surface area contributed by atoms with Crippen molar-refractivity contribution in [1.82, 2.24) is 10.0 Å². The van der Waals surface area contributed by atoms with E-state index in [1.165, 1.54) is 44.4 Å². The average Bonchev–Trinajstić information content (AvgIpc) is 2.61. The molecule has 0 aliphatic rings. The van der Waals surface area contributed by atoms with Crippen molar-refractivity contribution >= 4 is 27.5 Å². The van der Waals surface area contributed by atoms with E-state index in [1.807, 2.05) is 0 Å². The molecule has 0 aliphatic carbocycles. The van der Waals surface area contributed by atoms with Gasteiger partial charge in [-0.05, 0) is 49.7 Å². The van der Waals surface area contributed by atoms with Crippen LogP contribution >= 0.6 is 11.6 Å². The molecule has 0 radical (unpaired) electrons. The minimum Gasteiger partial charge on any atom is -0.495 e. The first-order chi connectivity index (χ1) is 12.6. The second-order valence-electron chi connectivity index (χ2n) is 5.92. The molecule has 1 amide bonds. The molecule has 2 rings (SSSR count). The van der Waals surface area contributed by atoms with Gasteiger partial charge in [-0.3, -0.25) is 4.79 Å². The highest BCUT2D eigenvalue weighted by Gasteiger charge is 2.26. The molecule has 27 heavy (non-hydrogen) atoms. The van der Waals surface area contributed by atoms with Gasteiger partial charge in [0.15, 0.2) is 0 Å². The summed E-state index contributed by atoms with van der Waals surface area (Å²) in [6.07, 6.45) is 0. The molecule has 0 heterocycles. The summed E-state index contributed by atoms with van der Waals surface area (Å²) < 4.78 is 45.5. The maximum absolute atomic E-state index is 13.0. The third-order valence-corrected chi connectivity index (χ3v) is 5.67. The van der Waals surface area contributed by atoms with Crippen molar-refractivity contribution in [3.8, 4) is 5.75 Å². The minimum absolute atomic E-state index is 0.110. The molecule has 0 fully saturated rings. The maximum Gasteiger partial charge on any atom is 0.245 e. The van der Waals surface area contributed by atoms with Crippen LogP contribution in [0.3, 0.4) is 0 Å². The second kappa shape index (κ2) is 8.69. The Morgan fingerprint density at radius 2 is 1.78 bits per heavy atom. The number of carbonyl (C=O) groups excluding carboxylic acids is 1. The summed E-state index contributed by atoms with van der Waals surface area (Å²) >= 11 is 5.87. The van der Waals surface area contributed by atoms with E-state index in [2.05, 4.69) is 10.0 Å². The van der Waals surface area contributed by atoms with E-state index in [9.17, 15) is 17.6 Å². The van der Waals surface area contributed by atoms with E-state index in [4.69, 9.17) is 16.3 Å². The largest absolute Gasteiger partial charge is 0.495 e. The first kappa shape index (κ1) is 21.1. The van der Waals surface area contributed by atoms with Crippen molar-refractivity contribution in [2.24, 2.45) is 0 Å². The Bertz CT molecular complexity index is 919. The van der Waals surface area contributed by atoms with Crippen molar-refractivity contribution in [2.75, 3.05) is 7.11 Å². The van der Waals surface area contributed by atoms with Gasteiger partial charge in [0.25, 0.3) is 0 Å². The van der Waals surface area contributed by atoms with Crippen LogP contribution in [0.25, 0.3) is 0 Å². The fourth-order valence-corrected chi connectivity index (χ4v) is 4.02.